The Hall–Kier alpha value is -1.79. The van der Waals surface area contributed by atoms with Crippen molar-refractivity contribution in [2.24, 2.45) is 0 Å². The highest BCUT2D eigenvalue weighted by molar-refractivity contribution is 6.31. The van der Waals surface area contributed by atoms with Crippen LogP contribution in [0.2, 0.25) is 5.02 Å². The summed E-state index contributed by atoms with van der Waals surface area (Å²) in [7, 11) is 1.72. The van der Waals surface area contributed by atoms with E-state index < -0.39 is 5.97 Å². The second-order valence-electron chi connectivity index (χ2n) is 5.02. The van der Waals surface area contributed by atoms with Crippen molar-refractivity contribution in [2.75, 3.05) is 25.5 Å². The van der Waals surface area contributed by atoms with E-state index in [2.05, 4.69) is 10.6 Å². The molecule has 1 aromatic rings. The van der Waals surface area contributed by atoms with Crippen molar-refractivity contribution in [1.82, 2.24) is 10.2 Å². The number of nitrogens with zero attached hydrogens (tertiary/aromatic N) is 1. The summed E-state index contributed by atoms with van der Waals surface area (Å²) in [5.74, 6) is -1.11. The van der Waals surface area contributed by atoms with Gasteiger partial charge in [-0.1, -0.05) is 11.6 Å². The molecule has 1 saturated heterocycles. The average Bonchev–Trinajstić information content (AvgIpc) is 2.47. The van der Waals surface area contributed by atoms with Crippen LogP contribution in [0.25, 0.3) is 0 Å². The van der Waals surface area contributed by atoms with Gasteiger partial charge in [0.25, 0.3) is 0 Å². The number of rotatable bonds is 3. The van der Waals surface area contributed by atoms with Gasteiger partial charge in [0.05, 0.1) is 11.3 Å². The minimum absolute atomic E-state index is 0.0199. The van der Waals surface area contributed by atoms with Crippen LogP contribution in [0, 0.1) is 0 Å². The molecule has 0 aromatic heterocycles. The van der Waals surface area contributed by atoms with E-state index in [-0.39, 0.29) is 23.3 Å². The van der Waals surface area contributed by atoms with Crippen molar-refractivity contribution in [3.05, 3.63) is 28.8 Å². The second-order valence-corrected chi connectivity index (χ2v) is 5.45. The fraction of sp³-hybridized carbons (Fsp3) is 0.429. The van der Waals surface area contributed by atoms with Gasteiger partial charge in [-0.3, -0.25) is 0 Å². The summed E-state index contributed by atoms with van der Waals surface area (Å²) in [5, 5.41) is 15.4. The first-order valence-electron chi connectivity index (χ1n) is 6.76. The molecule has 2 amide bonds. The van der Waals surface area contributed by atoms with Crippen LogP contribution < -0.4 is 10.6 Å². The molecule has 1 aliphatic rings. The maximum absolute atomic E-state index is 12.3. The molecule has 3 N–H and O–H groups in total. The summed E-state index contributed by atoms with van der Waals surface area (Å²) in [6, 6.07) is 4.13. The van der Waals surface area contributed by atoms with Gasteiger partial charge in [-0.05, 0) is 44.1 Å². The molecule has 0 aliphatic carbocycles. The molecular formula is C14H18ClN3O3. The number of urea groups is 1. The zero-order valence-electron chi connectivity index (χ0n) is 11.7. The normalized spacial score (nSPS) is 15.5. The van der Waals surface area contributed by atoms with Crippen molar-refractivity contribution in [1.29, 1.82) is 0 Å². The number of carbonyl (C=O) groups excluding carboxylic acids is 1. The number of carbonyl (C=O) groups is 2. The maximum Gasteiger partial charge on any atom is 0.337 e. The van der Waals surface area contributed by atoms with Gasteiger partial charge >= 0.3 is 12.0 Å². The lowest BCUT2D eigenvalue weighted by Gasteiger charge is -2.31. The van der Waals surface area contributed by atoms with E-state index in [0.29, 0.717) is 5.02 Å². The molecule has 7 heteroatoms. The zero-order chi connectivity index (χ0) is 15.4. The van der Waals surface area contributed by atoms with Crippen LogP contribution in [-0.2, 0) is 0 Å². The summed E-state index contributed by atoms with van der Waals surface area (Å²) in [5.41, 5.74) is 0.229. The molecule has 1 fully saturated rings. The minimum atomic E-state index is -1.11. The Bertz CT molecular complexity index is 544. The molecule has 0 spiro atoms. The third-order valence-corrected chi connectivity index (χ3v) is 3.87. The van der Waals surface area contributed by atoms with E-state index >= 15 is 0 Å². The monoisotopic (exact) mass is 311 g/mol. The Morgan fingerprint density at radius 2 is 2.05 bits per heavy atom. The number of carboxylic acids is 1. The molecule has 0 unspecified atom stereocenters. The molecule has 6 nitrogen and oxygen atoms in total. The molecule has 114 valence electrons. The molecular weight excluding hydrogens is 294 g/mol. The SMILES string of the molecule is CN(C(=O)Nc1cc(Cl)ccc1C(=O)O)C1CCNCC1. The third kappa shape index (κ3) is 3.86. The van der Waals surface area contributed by atoms with E-state index in [9.17, 15) is 9.59 Å². The molecule has 2 rings (SSSR count). The predicted molar refractivity (Wildman–Crippen MR) is 81.1 cm³/mol. The summed E-state index contributed by atoms with van der Waals surface area (Å²) < 4.78 is 0. The van der Waals surface area contributed by atoms with Gasteiger partial charge in [0.2, 0.25) is 0 Å². The summed E-state index contributed by atoms with van der Waals surface area (Å²) >= 11 is 5.87. The molecule has 0 atom stereocenters. The van der Waals surface area contributed by atoms with Crippen molar-refractivity contribution in [3.63, 3.8) is 0 Å². The number of nitrogens with one attached hydrogen (secondary N) is 2. The van der Waals surface area contributed by atoms with Gasteiger partial charge in [-0.25, -0.2) is 9.59 Å². The quantitative estimate of drug-likeness (QED) is 0.799. The van der Waals surface area contributed by atoms with Gasteiger partial charge in [0, 0.05) is 18.1 Å². The fourth-order valence-electron chi connectivity index (χ4n) is 2.37. The van der Waals surface area contributed by atoms with Crippen LogP contribution in [-0.4, -0.2) is 48.2 Å². The Kier molecular flexibility index (Phi) is 5.03. The van der Waals surface area contributed by atoms with Crippen LogP contribution in [0.4, 0.5) is 10.5 Å². The fourth-order valence-corrected chi connectivity index (χ4v) is 2.54. The standard InChI is InChI=1S/C14H18ClN3O3/c1-18(10-4-6-16-7-5-10)14(21)17-12-8-9(15)2-3-11(12)13(19)20/h2-3,8,10,16H,4-7H2,1H3,(H,17,21)(H,19,20). The van der Waals surface area contributed by atoms with E-state index in [1.54, 1.807) is 11.9 Å². The highest BCUT2D eigenvalue weighted by atomic mass is 35.5. The topological polar surface area (TPSA) is 81.7 Å². The van der Waals surface area contributed by atoms with Gasteiger partial charge in [-0.15, -0.1) is 0 Å². The Morgan fingerprint density at radius 3 is 2.67 bits per heavy atom. The van der Waals surface area contributed by atoms with Gasteiger partial charge in [-0.2, -0.15) is 0 Å². The minimum Gasteiger partial charge on any atom is -0.478 e. The Labute approximate surface area is 128 Å². The number of aromatic carboxylic acids is 1. The van der Waals surface area contributed by atoms with Gasteiger partial charge < -0.3 is 20.6 Å². The van der Waals surface area contributed by atoms with Crippen LogP contribution in [0.15, 0.2) is 18.2 Å². The number of anilines is 1. The summed E-state index contributed by atoms with van der Waals surface area (Å²) in [4.78, 5) is 25.0. The number of hydrogen-bond donors (Lipinski definition) is 3. The van der Waals surface area contributed by atoms with E-state index in [0.717, 1.165) is 25.9 Å². The van der Waals surface area contributed by atoms with Crippen LogP contribution in [0.3, 0.4) is 0 Å². The van der Waals surface area contributed by atoms with Gasteiger partial charge in [0.1, 0.15) is 0 Å². The number of carboxylic acid groups (broad SMARTS) is 1. The van der Waals surface area contributed by atoms with Gasteiger partial charge in [0.15, 0.2) is 0 Å². The summed E-state index contributed by atoms with van der Waals surface area (Å²) in [6.45, 7) is 1.75. The van der Waals surface area contributed by atoms with Crippen LogP contribution in [0.1, 0.15) is 23.2 Å². The number of amides is 2. The number of halogens is 1. The first kappa shape index (κ1) is 15.6. The zero-order valence-corrected chi connectivity index (χ0v) is 12.5. The first-order chi connectivity index (χ1) is 9.99. The lowest BCUT2D eigenvalue weighted by molar-refractivity contribution is 0.0698. The number of benzene rings is 1. The maximum atomic E-state index is 12.3. The highest BCUT2D eigenvalue weighted by Crippen LogP contribution is 2.22. The molecule has 21 heavy (non-hydrogen) atoms. The summed E-state index contributed by atoms with van der Waals surface area (Å²) in [6.07, 6.45) is 1.76. The molecule has 1 heterocycles. The van der Waals surface area contributed by atoms with Crippen molar-refractivity contribution < 1.29 is 14.7 Å². The van der Waals surface area contributed by atoms with Crippen molar-refractivity contribution >= 4 is 29.3 Å². The molecule has 0 saturated carbocycles. The van der Waals surface area contributed by atoms with E-state index in [1.807, 2.05) is 0 Å². The first-order valence-corrected chi connectivity index (χ1v) is 7.14. The smallest absolute Gasteiger partial charge is 0.337 e. The van der Waals surface area contributed by atoms with Crippen molar-refractivity contribution in [3.8, 4) is 0 Å². The number of hydrogen-bond acceptors (Lipinski definition) is 3. The lowest BCUT2D eigenvalue weighted by Crippen LogP contribution is -2.45. The Morgan fingerprint density at radius 1 is 1.38 bits per heavy atom. The number of piperidine rings is 1. The average molecular weight is 312 g/mol. The highest BCUT2D eigenvalue weighted by Gasteiger charge is 2.23. The molecule has 0 bridgehead atoms. The second kappa shape index (κ2) is 6.78. The van der Waals surface area contributed by atoms with Crippen molar-refractivity contribution in [2.45, 2.75) is 18.9 Å². The molecule has 1 aromatic carbocycles. The van der Waals surface area contributed by atoms with Crippen LogP contribution in [0.5, 0.6) is 0 Å². The Balaban J connectivity index is 2.11. The molecule has 1 aliphatic heterocycles. The lowest BCUT2D eigenvalue weighted by atomic mass is 10.1. The van der Waals surface area contributed by atoms with Crippen LogP contribution >= 0.6 is 11.6 Å². The predicted octanol–water partition coefficient (Wildman–Crippen LogP) is 2.25. The third-order valence-electron chi connectivity index (χ3n) is 3.63. The molecule has 0 radical (unpaired) electrons. The van der Waals surface area contributed by atoms with E-state index in [4.69, 9.17) is 16.7 Å². The van der Waals surface area contributed by atoms with E-state index in [1.165, 1.54) is 18.2 Å². The largest absolute Gasteiger partial charge is 0.478 e.